The summed E-state index contributed by atoms with van der Waals surface area (Å²) in [5.41, 5.74) is 10.3. The third kappa shape index (κ3) is 15.6. The van der Waals surface area contributed by atoms with E-state index in [0.717, 1.165) is 0 Å². The molecule has 1 aromatic rings. The molecule has 0 spiro atoms. The summed E-state index contributed by atoms with van der Waals surface area (Å²) in [6.45, 7) is 6.82. The molecule has 1 aliphatic carbocycles. The van der Waals surface area contributed by atoms with Gasteiger partial charge in [-0.15, -0.1) is 0 Å². The summed E-state index contributed by atoms with van der Waals surface area (Å²) in [5.74, 6) is -4.69. The van der Waals surface area contributed by atoms with Gasteiger partial charge in [-0.05, 0) is 38.5 Å². The topological polar surface area (TPSA) is 335 Å². The minimum absolute atomic E-state index is 0.0167. The third-order valence-electron chi connectivity index (χ3n) is 10.8. The Labute approximate surface area is 398 Å². The summed E-state index contributed by atoms with van der Waals surface area (Å²) >= 11 is 0. The van der Waals surface area contributed by atoms with Crippen LogP contribution in [0.5, 0.6) is 0 Å². The van der Waals surface area contributed by atoms with Crippen LogP contribution in [-0.4, -0.2) is 182 Å². The lowest BCUT2D eigenvalue weighted by Crippen LogP contribution is -2.53. The Hall–Kier alpha value is -6.35. The zero-order valence-electron chi connectivity index (χ0n) is 39.3. The van der Waals surface area contributed by atoms with Crippen LogP contribution in [0.2, 0.25) is 0 Å². The number of anilines is 1. The Bertz CT molecular complexity index is 2110. The van der Waals surface area contributed by atoms with Crippen LogP contribution < -0.4 is 32.7 Å². The number of nitrogens with one attached hydrogen (secondary N) is 4. The number of methoxy groups -OCH3 is 2. The number of hydrogen-bond acceptors (Lipinski definition) is 19. The van der Waals surface area contributed by atoms with Crippen molar-refractivity contribution in [1.82, 2.24) is 20.9 Å². The van der Waals surface area contributed by atoms with E-state index in [1.807, 2.05) is 0 Å². The summed E-state index contributed by atoms with van der Waals surface area (Å²) in [4.78, 5) is 107. The van der Waals surface area contributed by atoms with E-state index >= 15 is 0 Å². The fourth-order valence-corrected chi connectivity index (χ4v) is 7.32. The first-order chi connectivity index (χ1) is 33.0. The second-order valence-electron chi connectivity index (χ2n) is 15.5. The highest BCUT2D eigenvalue weighted by molar-refractivity contribution is 6.26. The molecular formula is C44H62N8O17. The molecule has 0 unspecified atom stereocenters. The standard InChI is InChI=1S/C44H62N8O17/c1-26-36(45)39(56)35-31(24-68-42(46)59)44(62-5)32(10-11-52(44)37(35)38(26)55)51-43(60)69-23-29-6-8-30(9-7-29)50-33(53)22-47-40(57)27(2)49-41(58)28(3)48-34(54)25-67-21-20-66-19-18-65-17-16-64-15-14-63-13-12-61-4/h6-9,27-28,31H,10-25,45H2,1-5H3,(H2,46,59)(H,47,57)(H,48,54)(H,49,58)(H,50,53)/t27-,28-,31+,44+/m1/s1. The fraction of sp³-hybridized carbons (Fsp3) is 0.568. The first kappa shape index (κ1) is 55.2. The van der Waals surface area contributed by atoms with Crippen molar-refractivity contribution in [2.45, 2.75) is 51.6 Å². The second kappa shape index (κ2) is 27.6. The number of Topliss-reactive ketones (excluding diaryl/α,β-unsaturated/α-hetero) is 2. The molecule has 2 heterocycles. The number of fused-ring (bicyclic) bond motifs is 2. The predicted molar refractivity (Wildman–Crippen MR) is 241 cm³/mol. The van der Waals surface area contributed by atoms with Crippen molar-refractivity contribution in [3.8, 4) is 0 Å². The van der Waals surface area contributed by atoms with Gasteiger partial charge in [-0.25, -0.2) is 9.59 Å². The fourth-order valence-electron chi connectivity index (χ4n) is 7.32. The molecule has 25 heteroatoms. The highest BCUT2D eigenvalue weighted by atomic mass is 16.6. The molecule has 1 fully saturated rings. The number of primary amides is 1. The average molecular weight is 975 g/mol. The number of rotatable bonds is 29. The molecule has 380 valence electrons. The van der Waals surface area contributed by atoms with Crippen molar-refractivity contribution in [1.29, 1.82) is 0 Å². The SMILES string of the molecule is COCCOCCOCCOCCOCCOCC(=O)N[C@H](C)C(=O)N[C@H](C)C(=O)NCC(=O)Nc1ccc(COC(=O)N=C2CCN3C4=C(C(=O)C(N)=C(C)C4=O)[C@H](COC(N)=O)[C@]23OC)cc1. The van der Waals surface area contributed by atoms with Crippen molar-refractivity contribution >= 4 is 58.8 Å². The third-order valence-corrected chi connectivity index (χ3v) is 10.8. The van der Waals surface area contributed by atoms with E-state index in [9.17, 15) is 38.4 Å². The lowest BCUT2D eigenvalue weighted by molar-refractivity contribution is -0.133. The van der Waals surface area contributed by atoms with E-state index in [1.165, 1.54) is 44.9 Å². The number of carbonyl (C=O) groups excluding carboxylic acids is 8. The molecule has 3 aliphatic rings. The van der Waals surface area contributed by atoms with Gasteiger partial charge in [-0.2, -0.15) is 4.99 Å². The molecule has 6 amide bonds. The Kier molecular flexibility index (Phi) is 22.1. The smallest absolute Gasteiger partial charge is 0.434 e. The molecule has 4 atom stereocenters. The lowest BCUT2D eigenvalue weighted by Gasteiger charge is -2.37. The van der Waals surface area contributed by atoms with E-state index in [0.29, 0.717) is 64.1 Å². The van der Waals surface area contributed by atoms with Gasteiger partial charge in [0.15, 0.2) is 5.72 Å². The van der Waals surface area contributed by atoms with Crippen molar-refractivity contribution in [3.05, 3.63) is 52.4 Å². The van der Waals surface area contributed by atoms with Gasteiger partial charge in [0.1, 0.15) is 31.9 Å². The number of amides is 6. The number of benzene rings is 1. The molecule has 4 rings (SSSR count). The van der Waals surface area contributed by atoms with E-state index in [4.69, 9.17) is 54.1 Å². The minimum Gasteiger partial charge on any atom is -0.449 e. The Morgan fingerprint density at radius 2 is 1.36 bits per heavy atom. The lowest BCUT2D eigenvalue weighted by atomic mass is 9.82. The van der Waals surface area contributed by atoms with E-state index in [2.05, 4.69) is 26.3 Å². The van der Waals surface area contributed by atoms with Crippen LogP contribution in [0.4, 0.5) is 15.3 Å². The highest BCUT2D eigenvalue weighted by Gasteiger charge is 2.64. The van der Waals surface area contributed by atoms with Crippen LogP contribution in [0.15, 0.2) is 51.8 Å². The monoisotopic (exact) mass is 974 g/mol. The Balaban J connectivity index is 1.11. The molecule has 1 saturated heterocycles. The molecule has 2 aliphatic heterocycles. The summed E-state index contributed by atoms with van der Waals surface area (Å²) in [5, 5.41) is 10.0. The predicted octanol–water partition coefficient (Wildman–Crippen LogP) is -1.03. The van der Waals surface area contributed by atoms with Crippen LogP contribution in [0.1, 0.15) is 32.8 Å². The average Bonchev–Trinajstić information content (AvgIpc) is 3.82. The number of ether oxygens (including phenoxy) is 9. The number of aliphatic imine (C=N–C) groups is 1. The normalized spacial score (nSPS) is 18.9. The molecule has 0 bridgehead atoms. The van der Waals surface area contributed by atoms with Crippen LogP contribution >= 0.6 is 0 Å². The maximum Gasteiger partial charge on any atom is 0.434 e. The van der Waals surface area contributed by atoms with Gasteiger partial charge in [0.2, 0.25) is 35.2 Å². The van der Waals surface area contributed by atoms with Gasteiger partial charge in [0, 0.05) is 44.0 Å². The maximum absolute atomic E-state index is 13.4. The second-order valence-corrected chi connectivity index (χ2v) is 15.5. The van der Waals surface area contributed by atoms with Gasteiger partial charge in [0.25, 0.3) is 0 Å². The Morgan fingerprint density at radius 3 is 1.94 bits per heavy atom. The van der Waals surface area contributed by atoms with E-state index in [1.54, 1.807) is 19.2 Å². The summed E-state index contributed by atoms with van der Waals surface area (Å²) in [6, 6.07) is 4.18. The molecule has 0 saturated carbocycles. The van der Waals surface area contributed by atoms with Gasteiger partial charge in [-0.1, -0.05) is 12.1 Å². The summed E-state index contributed by atoms with van der Waals surface area (Å²) in [7, 11) is 2.91. The van der Waals surface area contributed by atoms with Crippen LogP contribution in [0.3, 0.4) is 0 Å². The number of nitrogens with zero attached hydrogens (tertiary/aromatic N) is 2. The van der Waals surface area contributed by atoms with Crippen LogP contribution in [-0.2, 0) is 78.0 Å². The molecule has 0 aromatic heterocycles. The highest BCUT2D eigenvalue weighted by Crippen LogP contribution is 2.51. The number of carbonyl (C=O) groups is 8. The number of ketones is 2. The quantitative estimate of drug-likeness (QED) is 0.0413. The molecule has 0 radical (unpaired) electrons. The molecule has 25 nitrogen and oxygen atoms in total. The molecule has 8 N–H and O–H groups in total. The van der Waals surface area contributed by atoms with Crippen molar-refractivity contribution in [2.75, 3.05) is 112 Å². The van der Waals surface area contributed by atoms with Gasteiger partial charge >= 0.3 is 12.2 Å². The van der Waals surface area contributed by atoms with Crippen molar-refractivity contribution in [3.63, 3.8) is 0 Å². The van der Waals surface area contributed by atoms with Crippen LogP contribution in [0.25, 0.3) is 0 Å². The summed E-state index contributed by atoms with van der Waals surface area (Å²) in [6.07, 6.45) is -2.01. The van der Waals surface area contributed by atoms with Gasteiger partial charge in [0.05, 0.1) is 95.6 Å². The minimum atomic E-state index is -1.66. The van der Waals surface area contributed by atoms with Crippen molar-refractivity contribution in [2.24, 2.45) is 22.4 Å². The van der Waals surface area contributed by atoms with Gasteiger partial charge in [-0.3, -0.25) is 28.8 Å². The maximum atomic E-state index is 13.4. The van der Waals surface area contributed by atoms with Gasteiger partial charge < -0.3 is 80.3 Å². The molecule has 69 heavy (non-hydrogen) atoms. The number of hydrogen-bond donors (Lipinski definition) is 6. The van der Waals surface area contributed by atoms with E-state index < -0.39 is 84.3 Å². The zero-order valence-corrected chi connectivity index (χ0v) is 39.3. The van der Waals surface area contributed by atoms with Crippen LogP contribution in [0, 0.1) is 5.92 Å². The van der Waals surface area contributed by atoms with Crippen molar-refractivity contribution < 1.29 is 81.0 Å². The van der Waals surface area contributed by atoms with E-state index in [-0.39, 0.29) is 67.6 Å². The zero-order chi connectivity index (χ0) is 50.5. The number of allylic oxidation sites excluding steroid dienone is 2. The Morgan fingerprint density at radius 1 is 0.783 bits per heavy atom. The first-order valence-corrected chi connectivity index (χ1v) is 22.0. The summed E-state index contributed by atoms with van der Waals surface area (Å²) < 4.78 is 48.0. The first-order valence-electron chi connectivity index (χ1n) is 22.0. The molecule has 1 aromatic carbocycles. The largest absolute Gasteiger partial charge is 0.449 e. The number of nitrogens with two attached hydrogens (primary N) is 2. The molecular weight excluding hydrogens is 913 g/mol.